The second kappa shape index (κ2) is 8.42. The van der Waals surface area contributed by atoms with E-state index >= 15 is 0 Å². The Morgan fingerprint density at radius 2 is 1.46 bits per heavy atom. The molecule has 5 heteroatoms. The van der Waals surface area contributed by atoms with Gasteiger partial charge in [0.15, 0.2) is 9.84 Å². The van der Waals surface area contributed by atoms with Crippen molar-refractivity contribution in [2.24, 2.45) is 5.92 Å². The van der Waals surface area contributed by atoms with E-state index in [1.165, 1.54) is 0 Å². The number of aliphatic hydroxyl groups is 2. The van der Waals surface area contributed by atoms with Gasteiger partial charge in [-0.25, -0.2) is 8.42 Å². The minimum absolute atomic E-state index is 0.194. The van der Waals surface area contributed by atoms with Crippen LogP contribution in [-0.2, 0) is 16.3 Å². The Morgan fingerprint density at radius 1 is 0.917 bits per heavy atom. The molecule has 24 heavy (non-hydrogen) atoms. The summed E-state index contributed by atoms with van der Waals surface area (Å²) < 4.78 is 24.7. The lowest BCUT2D eigenvalue weighted by atomic mass is 9.96. The summed E-state index contributed by atoms with van der Waals surface area (Å²) in [7, 11) is -3.48. The van der Waals surface area contributed by atoms with E-state index in [-0.39, 0.29) is 10.6 Å². The van der Waals surface area contributed by atoms with Crippen LogP contribution in [0.15, 0.2) is 65.6 Å². The molecule has 0 aliphatic rings. The van der Waals surface area contributed by atoms with E-state index in [1.54, 1.807) is 37.3 Å². The predicted molar refractivity (Wildman–Crippen MR) is 94.4 cm³/mol. The molecule has 130 valence electrons. The summed E-state index contributed by atoms with van der Waals surface area (Å²) in [5.41, 5.74) is 1.08. The van der Waals surface area contributed by atoms with E-state index in [4.69, 9.17) is 0 Å². The highest BCUT2D eigenvalue weighted by Gasteiger charge is 2.28. The Labute approximate surface area is 143 Å². The topological polar surface area (TPSA) is 74.6 Å². The molecular formula is C19H24O4S. The largest absolute Gasteiger partial charge is 0.390 e. The first kappa shape index (κ1) is 18.6. The molecule has 2 aromatic carbocycles. The lowest BCUT2D eigenvalue weighted by Gasteiger charge is -2.24. The number of sulfone groups is 1. The quantitative estimate of drug-likeness (QED) is 0.768. The average Bonchev–Trinajstić information content (AvgIpc) is 2.60. The monoisotopic (exact) mass is 348 g/mol. The minimum Gasteiger partial charge on any atom is -0.390 e. The molecule has 3 atom stereocenters. The number of hydrogen-bond acceptors (Lipinski definition) is 4. The number of rotatable bonds is 8. The Hall–Kier alpha value is -1.69. The molecule has 0 aromatic heterocycles. The Bertz CT molecular complexity index is 714. The summed E-state index contributed by atoms with van der Waals surface area (Å²) in [6.45, 7) is 1.65. The molecule has 0 bridgehead atoms. The van der Waals surface area contributed by atoms with Gasteiger partial charge in [-0.05, 0) is 36.5 Å². The van der Waals surface area contributed by atoms with Gasteiger partial charge in [0, 0.05) is 0 Å². The summed E-state index contributed by atoms with van der Waals surface area (Å²) in [4.78, 5) is 0.239. The van der Waals surface area contributed by atoms with Gasteiger partial charge in [-0.2, -0.15) is 0 Å². The van der Waals surface area contributed by atoms with Crippen LogP contribution in [0.5, 0.6) is 0 Å². The van der Waals surface area contributed by atoms with Gasteiger partial charge in [-0.15, -0.1) is 0 Å². The maximum absolute atomic E-state index is 12.4. The number of benzene rings is 2. The Kier molecular flexibility index (Phi) is 6.54. The average molecular weight is 348 g/mol. The normalized spacial score (nSPS) is 15.6. The van der Waals surface area contributed by atoms with Gasteiger partial charge in [0.05, 0.1) is 22.9 Å². The highest BCUT2D eigenvalue weighted by molar-refractivity contribution is 7.91. The summed E-state index contributed by atoms with van der Waals surface area (Å²) in [5.74, 6) is -0.749. The van der Waals surface area contributed by atoms with Crippen molar-refractivity contribution in [3.63, 3.8) is 0 Å². The summed E-state index contributed by atoms with van der Waals surface area (Å²) in [6.07, 6.45) is -1.00. The van der Waals surface area contributed by atoms with Gasteiger partial charge in [0.1, 0.15) is 0 Å². The minimum atomic E-state index is -3.48. The summed E-state index contributed by atoms with van der Waals surface area (Å²) >= 11 is 0. The van der Waals surface area contributed by atoms with E-state index < -0.39 is 28.0 Å². The first-order valence-corrected chi connectivity index (χ1v) is 9.73. The van der Waals surface area contributed by atoms with Crippen LogP contribution in [0.2, 0.25) is 0 Å². The van der Waals surface area contributed by atoms with E-state index in [0.29, 0.717) is 12.8 Å². The van der Waals surface area contributed by atoms with Crippen LogP contribution in [0.3, 0.4) is 0 Å². The highest BCUT2D eigenvalue weighted by Crippen LogP contribution is 2.19. The molecule has 2 rings (SSSR count). The van der Waals surface area contributed by atoms with Crippen LogP contribution in [0.25, 0.3) is 0 Å². The molecule has 0 saturated heterocycles. The van der Waals surface area contributed by atoms with E-state index in [1.807, 2.05) is 30.3 Å². The van der Waals surface area contributed by atoms with Crippen molar-refractivity contribution in [2.75, 3.05) is 5.75 Å². The third-order valence-corrected chi connectivity index (χ3v) is 6.09. The van der Waals surface area contributed by atoms with Crippen LogP contribution in [0, 0.1) is 5.92 Å². The van der Waals surface area contributed by atoms with Gasteiger partial charge >= 0.3 is 0 Å². The molecule has 0 spiro atoms. The van der Waals surface area contributed by atoms with E-state index in [0.717, 1.165) is 5.56 Å². The molecular weight excluding hydrogens is 324 g/mol. The van der Waals surface area contributed by atoms with Crippen LogP contribution in [0.4, 0.5) is 0 Å². The predicted octanol–water partition coefficient (Wildman–Crippen LogP) is 2.45. The molecule has 0 amide bonds. The van der Waals surface area contributed by atoms with Crippen molar-refractivity contribution in [2.45, 2.75) is 36.9 Å². The lowest BCUT2D eigenvalue weighted by molar-refractivity contribution is -0.0110. The maximum atomic E-state index is 12.4. The molecule has 0 saturated carbocycles. The van der Waals surface area contributed by atoms with Crippen LogP contribution in [-0.4, -0.2) is 36.6 Å². The zero-order valence-electron chi connectivity index (χ0n) is 13.7. The SMILES string of the molecule is C[C@@H](CS(=O)(=O)c1ccccc1)[C@H](O)[C@@H](O)CCc1ccccc1. The fraction of sp³-hybridized carbons (Fsp3) is 0.368. The highest BCUT2D eigenvalue weighted by atomic mass is 32.2. The number of hydrogen-bond donors (Lipinski definition) is 2. The molecule has 0 radical (unpaired) electrons. The molecule has 0 aliphatic heterocycles. The lowest BCUT2D eigenvalue weighted by Crippen LogP contribution is -2.36. The molecule has 2 aromatic rings. The van der Waals surface area contributed by atoms with Crippen molar-refractivity contribution < 1.29 is 18.6 Å². The van der Waals surface area contributed by atoms with Crippen molar-refractivity contribution in [1.29, 1.82) is 0 Å². The number of aliphatic hydroxyl groups excluding tert-OH is 2. The molecule has 0 heterocycles. The van der Waals surface area contributed by atoms with Crippen LogP contribution >= 0.6 is 0 Å². The van der Waals surface area contributed by atoms with Gasteiger partial charge < -0.3 is 10.2 Å². The van der Waals surface area contributed by atoms with Crippen LogP contribution < -0.4 is 0 Å². The zero-order valence-corrected chi connectivity index (χ0v) is 14.6. The second-order valence-corrected chi connectivity index (χ2v) is 8.19. The van der Waals surface area contributed by atoms with Crippen molar-refractivity contribution in [3.05, 3.63) is 66.2 Å². The summed E-state index contributed by atoms with van der Waals surface area (Å²) in [5, 5.41) is 20.4. The van der Waals surface area contributed by atoms with Gasteiger partial charge in [0.25, 0.3) is 0 Å². The third kappa shape index (κ3) is 5.16. The van der Waals surface area contributed by atoms with E-state index in [9.17, 15) is 18.6 Å². The fourth-order valence-electron chi connectivity index (χ4n) is 2.68. The van der Waals surface area contributed by atoms with E-state index in [2.05, 4.69) is 0 Å². The third-order valence-electron chi connectivity index (χ3n) is 4.13. The molecule has 4 nitrogen and oxygen atoms in total. The molecule has 0 unspecified atom stereocenters. The fourth-order valence-corrected chi connectivity index (χ4v) is 4.33. The Morgan fingerprint density at radius 3 is 2.04 bits per heavy atom. The smallest absolute Gasteiger partial charge is 0.178 e. The second-order valence-electron chi connectivity index (χ2n) is 6.15. The molecule has 0 fully saturated rings. The molecule has 2 N–H and O–H groups in total. The van der Waals surface area contributed by atoms with Crippen molar-refractivity contribution >= 4 is 9.84 Å². The standard InChI is InChI=1S/C19H24O4S/c1-15(14-24(22,23)17-10-6-3-7-11-17)19(21)18(20)13-12-16-8-4-2-5-9-16/h2-11,15,18-21H,12-14H2,1H3/t15-,18-,19-/m0/s1. The summed E-state index contributed by atoms with van der Waals surface area (Å²) in [6, 6.07) is 17.9. The van der Waals surface area contributed by atoms with Gasteiger partial charge in [0.2, 0.25) is 0 Å². The first-order valence-electron chi connectivity index (χ1n) is 8.08. The molecule has 0 aliphatic carbocycles. The van der Waals surface area contributed by atoms with Crippen LogP contribution in [0.1, 0.15) is 18.9 Å². The first-order chi connectivity index (χ1) is 11.4. The van der Waals surface area contributed by atoms with Gasteiger partial charge in [-0.1, -0.05) is 55.5 Å². The number of aryl methyl sites for hydroxylation is 1. The zero-order chi connectivity index (χ0) is 17.6. The van der Waals surface area contributed by atoms with Crippen molar-refractivity contribution in [3.8, 4) is 0 Å². The maximum Gasteiger partial charge on any atom is 0.178 e. The van der Waals surface area contributed by atoms with Gasteiger partial charge in [-0.3, -0.25) is 0 Å². The van der Waals surface area contributed by atoms with Crippen molar-refractivity contribution in [1.82, 2.24) is 0 Å². The Balaban J connectivity index is 1.92.